The van der Waals surface area contributed by atoms with Crippen molar-refractivity contribution in [2.24, 2.45) is 0 Å². The van der Waals surface area contributed by atoms with E-state index in [0.717, 1.165) is 18.2 Å². The molecule has 0 aromatic heterocycles. The average Bonchev–Trinajstić information content (AvgIpc) is 2.16. The fraction of sp³-hybridized carbons (Fsp3) is 0. The first kappa shape index (κ1) is 14.6. The van der Waals surface area contributed by atoms with Gasteiger partial charge < -0.3 is 15.3 Å². The summed E-state index contributed by atoms with van der Waals surface area (Å²) in [6.07, 6.45) is 0. The summed E-state index contributed by atoms with van der Waals surface area (Å²) >= 11 is 0. The van der Waals surface area contributed by atoms with Crippen LogP contribution in [0.5, 0.6) is 0 Å². The van der Waals surface area contributed by atoms with Crippen LogP contribution in [0.4, 0.5) is 0 Å². The number of carbonyl (C=O) groups is 3. The summed E-state index contributed by atoms with van der Waals surface area (Å²) in [5, 5.41) is 25.8. The molecule has 0 saturated heterocycles. The molecule has 16 heavy (non-hydrogen) atoms. The molecule has 0 aliphatic carbocycles. The van der Waals surface area contributed by atoms with Crippen molar-refractivity contribution in [1.29, 1.82) is 0 Å². The molecule has 7 heteroatoms. The van der Waals surface area contributed by atoms with Crippen molar-refractivity contribution in [2.45, 2.75) is 0 Å². The van der Waals surface area contributed by atoms with Crippen LogP contribution >= 0.6 is 0 Å². The number of benzene rings is 1. The molecule has 0 unspecified atom stereocenters. The number of hydrogen-bond acceptors (Lipinski definition) is 3. The molecule has 0 aliphatic heterocycles. The molecule has 0 bridgehead atoms. The number of aromatic carboxylic acids is 3. The van der Waals surface area contributed by atoms with E-state index >= 15 is 0 Å². The van der Waals surface area contributed by atoms with Crippen molar-refractivity contribution in [1.82, 2.24) is 0 Å². The quantitative estimate of drug-likeness (QED) is 0.709. The number of carboxylic acid groups (broad SMARTS) is 3. The average molecular weight is 323 g/mol. The van der Waals surface area contributed by atoms with Crippen LogP contribution in [-0.2, 0) is 27.3 Å². The van der Waals surface area contributed by atoms with Crippen LogP contribution in [0.2, 0.25) is 0 Å². The van der Waals surface area contributed by atoms with E-state index in [0.29, 0.717) is 0 Å². The summed E-state index contributed by atoms with van der Waals surface area (Å²) in [6, 6.07) is 2.70. The number of hydrogen-bond donors (Lipinski definition) is 3. The minimum absolute atomic E-state index is 0. The molecule has 0 fully saturated rings. The van der Waals surface area contributed by atoms with Crippen molar-refractivity contribution in [3.8, 4) is 0 Å². The van der Waals surface area contributed by atoms with Crippen molar-refractivity contribution in [3.63, 3.8) is 0 Å². The molecule has 3 N–H and O–H groups in total. The van der Waals surface area contributed by atoms with E-state index < -0.39 is 17.9 Å². The zero-order valence-electron chi connectivity index (χ0n) is 8.01. The van der Waals surface area contributed by atoms with Gasteiger partial charge in [-0.25, -0.2) is 14.4 Å². The predicted octanol–water partition coefficient (Wildman–Crippen LogP) is 0.779. The zero-order chi connectivity index (χ0) is 11.6. The molecule has 0 aliphatic rings. The van der Waals surface area contributed by atoms with E-state index in [-0.39, 0.29) is 44.0 Å². The third-order valence-corrected chi connectivity index (χ3v) is 1.67. The summed E-state index contributed by atoms with van der Waals surface area (Å²) in [7, 11) is 0. The van der Waals surface area contributed by atoms with Crippen LogP contribution in [-0.4, -0.2) is 33.2 Å². The van der Waals surface area contributed by atoms with Crippen molar-refractivity contribution >= 4 is 17.9 Å². The van der Waals surface area contributed by atoms with E-state index in [2.05, 4.69) is 0 Å². The molecule has 1 rings (SSSR count). The second kappa shape index (κ2) is 5.59. The molecule has 0 radical (unpaired) electrons. The second-order valence-corrected chi connectivity index (χ2v) is 2.71. The Morgan fingerprint density at radius 3 is 1.00 bits per heavy atom. The topological polar surface area (TPSA) is 112 Å². The summed E-state index contributed by atoms with van der Waals surface area (Å²) in [4.78, 5) is 31.7. The van der Waals surface area contributed by atoms with E-state index in [1.54, 1.807) is 0 Å². The largest absolute Gasteiger partial charge is 0.478 e. The smallest absolute Gasteiger partial charge is 0.335 e. The first-order valence-electron chi connectivity index (χ1n) is 3.77. The minimum atomic E-state index is -1.37. The molecule has 0 atom stereocenters. The molecule has 1 aromatic carbocycles. The van der Waals surface area contributed by atoms with Gasteiger partial charge in [-0.2, -0.15) is 0 Å². The maximum atomic E-state index is 10.6. The van der Waals surface area contributed by atoms with E-state index in [9.17, 15) is 14.4 Å². The van der Waals surface area contributed by atoms with Crippen LogP contribution in [0.15, 0.2) is 18.2 Å². The SMILES string of the molecule is O=C(O)c1cc(C(=O)O)cc(C(=O)O)c1.[Cd]. The molecule has 0 heterocycles. The van der Waals surface area contributed by atoms with Gasteiger partial charge in [0.1, 0.15) is 0 Å². The Kier molecular flexibility index (Phi) is 5.08. The summed E-state index contributed by atoms with van der Waals surface area (Å²) in [6.45, 7) is 0. The van der Waals surface area contributed by atoms with Gasteiger partial charge in [-0.1, -0.05) is 0 Å². The van der Waals surface area contributed by atoms with Crippen molar-refractivity contribution in [2.75, 3.05) is 0 Å². The van der Waals surface area contributed by atoms with Crippen LogP contribution in [0.3, 0.4) is 0 Å². The van der Waals surface area contributed by atoms with Crippen molar-refractivity contribution in [3.05, 3.63) is 34.9 Å². The molecule has 6 nitrogen and oxygen atoms in total. The maximum absolute atomic E-state index is 10.6. The standard InChI is InChI=1S/C9H6O6.Cd/c10-7(11)4-1-5(8(12)13)3-6(2-4)9(14)15;/h1-3H,(H,10,11)(H,12,13)(H,14,15);. The van der Waals surface area contributed by atoms with E-state index in [1.165, 1.54) is 0 Å². The Morgan fingerprint density at radius 2 is 0.875 bits per heavy atom. The van der Waals surface area contributed by atoms with E-state index in [1.807, 2.05) is 0 Å². The van der Waals surface area contributed by atoms with Gasteiger partial charge in [-0.15, -0.1) is 0 Å². The molecule has 1 aromatic rings. The number of rotatable bonds is 3. The monoisotopic (exact) mass is 324 g/mol. The number of carboxylic acids is 3. The molecule has 80 valence electrons. The first-order chi connectivity index (χ1) is 6.91. The van der Waals surface area contributed by atoms with Gasteiger partial charge in [0.2, 0.25) is 0 Å². The fourth-order valence-electron chi connectivity index (χ4n) is 0.998. The summed E-state index contributed by atoms with van der Waals surface area (Å²) in [5.41, 5.74) is -1.10. The third-order valence-electron chi connectivity index (χ3n) is 1.67. The van der Waals surface area contributed by atoms with Gasteiger partial charge in [0.15, 0.2) is 0 Å². The molecule has 0 amide bonds. The van der Waals surface area contributed by atoms with Gasteiger partial charge >= 0.3 is 17.9 Å². The molecular weight excluding hydrogens is 317 g/mol. The first-order valence-corrected chi connectivity index (χ1v) is 3.77. The summed E-state index contributed by atoms with van der Waals surface area (Å²) < 4.78 is 0. The zero-order valence-corrected chi connectivity index (χ0v) is 12.0. The van der Waals surface area contributed by atoms with Crippen molar-refractivity contribution < 1.29 is 57.0 Å². The molecular formula is C9H6CdO6. The van der Waals surface area contributed by atoms with Gasteiger partial charge in [0, 0.05) is 27.3 Å². The van der Waals surface area contributed by atoms with E-state index in [4.69, 9.17) is 15.3 Å². The Balaban J connectivity index is 0.00000225. The van der Waals surface area contributed by atoms with Gasteiger partial charge in [-0.05, 0) is 18.2 Å². The molecule has 0 spiro atoms. The second-order valence-electron chi connectivity index (χ2n) is 2.71. The Labute approximate surface area is 110 Å². The summed E-state index contributed by atoms with van der Waals surface area (Å²) in [5.74, 6) is -4.12. The third kappa shape index (κ3) is 3.29. The predicted molar refractivity (Wildman–Crippen MR) is 47.3 cm³/mol. The van der Waals surface area contributed by atoms with Crippen LogP contribution < -0.4 is 0 Å². The van der Waals surface area contributed by atoms with Crippen LogP contribution in [0, 0.1) is 0 Å². The van der Waals surface area contributed by atoms with Gasteiger partial charge in [-0.3, -0.25) is 0 Å². The Morgan fingerprint density at radius 1 is 0.688 bits per heavy atom. The Hall–Kier alpha value is -1.45. The molecule has 0 saturated carbocycles. The van der Waals surface area contributed by atoms with Gasteiger partial charge in [0.05, 0.1) is 16.7 Å². The fourth-order valence-corrected chi connectivity index (χ4v) is 0.998. The van der Waals surface area contributed by atoms with Gasteiger partial charge in [0.25, 0.3) is 0 Å². The van der Waals surface area contributed by atoms with Crippen LogP contribution in [0.1, 0.15) is 31.1 Å². The van der Waals surface area contributed by atoms with Crippen LogP contribution in [0.25, 0.3) is 0 Å². The normalized spacial score (nSPS) is 9.00. The minimum Gasteiger partial charge on any atom is -0.478 e. The maximum Gasteiger partial charge on any atom is 0.335 e. The Bertz CT molecular complexity index is 374.